The summed E-state index contributed by atoms with van der Waals surface area (Å²) in [4.78, 5) is 0. The number of aliphatic hydroxyl groups is 1. The van der Waals surface area contributed by atoms with Gasteiger partial charge in [-0.25, -0.2) is 0 Å². The van der Waals surface area contributed by atoms with Crippen molar-refractivity contribution in [2.45, 2.75) is 39.3 Å². The predicted molar refractivity (Wildman–Crippen MR) is 108 cm³/mol. The number of benzene rings is 2. The van der Waals surface area contributed by atoms with Crippen LogP contribution in [0.3, 0.4) is 0 Å². The van der Waals surface area contributed by atoms with E-state index in [9.17, 15) is 5.11 Å². The van der Waals surface area contributed by atoms with Gasteiger partial charge in [0.15, 0.2) is 5.79 Å². The summed E-state index contributed by atoms with van der Waals surface area (Å²) in [7, 11) is 0. The van der Waals surface area contributed by atoms with Gasteiger partial charge >= 0.3 is 0 Å². The highest BCUT2D eigenvalue weighted by Crippen LogP contribution is 2.37. The maximum atomic E-state index is 9.44. The molecule has 1 aliphatic rings. The second kappa shape index (κ2) is 7.24. The molecule has 0 radical (unpaired) electrons. The number of fused-ring (bicyclic) bond motifs is 1. The lowest BCUT2D eigenvalue weighted by molar-refractivity contribution is -0.141. The van der Waals surface area contributed by atoms with Crippen molar-refractivity contribution in [3.05, 3.63) is 52.9 Å². The minimum atomic E-state index is -0.527. The van der Waals surface area contributed by atoms with E-state index < -0.39 is 5.79 Å². The number of hydrogen-bond acceptors (Lipinski definition) is 5. The largest absolute Gasteiger partial charge is 0.491 e. The molecule has 1 unspecified atom stereocenters. The van der Waals surface area contributed by atoms with E-state index in [0.717, 1.165) is 16.9 Å². The molecule has 4 rings (SSSR count). The van der Waals surface area contributed by atoms with Gasteiger partial charge in [-0.05, 0) is 67.1 Å². The van der Waals surface area contributed by atoms with Crippen LogP contribution in [0.15, 0.2) is 41.8 Å². The van der Waals surface area contributed by atoms with Gasteiger partial charge in [0.25, 0.3) is 0 Å². The molecular weight excluding hydrogens is 360 g/mol. The smallest absolute Gasteiger partial charge is 0.163 e. The summed E-state index contributed by atoms with van der Waals surface area (Å²) in [6.07, 6.45) is -0.0438. The van der Waals surface area contributed by atoms with Crippen molar-refractivity contribution in [3.8, 4) is 16.9 Å². The van der Waals surface area contributed by atoms with E-state index in [0.29, 0.717) is 13.2 Å². The number of rotatable bonds is 5. The lowest BCUT2D eigenvalue weighted by Gasteiger charge is -2.17. The highest BCUT2D eigenvalue weighted by molar-refractivity contribution is 7.17. The van der Waals surface area contributed by atoms with Crippen LogP contribution in [0.25, 0.3) is 21.2 Å². The van der Waals surface area contributed by atoms with Crippen LogP contribution in [0.2, 0.25) is 0 Å². The van der Waals surface area contributed by atoms with Gasteiger partial charge in [0.05, 0.1) is 13.2 Å². The van der Waals surface area contributed by atoms with Crippen LogP contribution in [-0.4, -0.2) is 30.2 Å². The Morgan fingerprint density at radius 3 is 2.74 bits per heavy atom. The molecule has 142 valence electrons. The van der Waals surface area contributed by atoms with E-state index in [1.165, 1.54) is 21.2 Å². The van der Waals surface area contributed by atoms with Gasteiger partial charge < -0.3 is 19.3 Å². The molecular formula is C22H24O4S. The van der Waals surface area contributed by atoms with Crippen LogP contribution in [0, 0.1) is 6.92 Å². The molecule has 0 amide bonds. The van der Waals surface area contributed by atoms with Crippen molar-refractivity contribution < 1.29 is 19.3 Å². The quantitative estimate of drug-likeness (QED) is 0.680. The molecule has 1 saturated heterocycles. The fourth-order valence-corrected chi connectivity index (χ4v) is 4.39. The second-order valence-electron chi connectivity index (χ2n) is 7.38. The Balaban J connectivity index is 1.54. The van der Waals surface area contributed by atoms with Crippen molar-refractivity contribution >= 4 is 21.4 Å². The molecule has 4 nitrogen and oxygen atoms in total. The summed E-state index contributed by atoms with van der Waals surface area (Å²) in [5, 5.41) is 12.8. The van der Waals surface area contributed by atoms with Gasteiger partial charge in [0, 0.05) is 15.6 Å². The second-order valence-corrected chi connectivity index (χ2v) is 8.29. The minimum absolute atomic E-state index is 0.0438. The monoisotopic (exact) mass is 384 g/mol. The zero-order valence-electron chi connectivity index (χ0n) is 15.8. The molecule has 1 atom stereocenters. The Kier molecular flexibility index (Phi) is 4.95. The van der Waals surface area contributed by atoms with E-state index in [-0.39, 0.29) is 12.7 Å². The summed E-state index contributed by atoms with van der Waals surface area (Å²) in [6.45, 7) is 7.01. The molecule has 1 N–H and O–H groups in total. The Bertz CT molecular complexity index is 960. The summed E-state index contributed by atoms with van der Waals surface area (Å²) >= 11 is 1.72. The summed E-state index contributed by atoms with van der Waals surface area (Å²) < 4.78 is 18.5. The Morgan fingerprint density at radius 1 is 1.19 bits per heavy atom. The lowest BCUT2D eigenvalue weighted by atomic mass is 9.99. The van der Waals surface area contributed by atoms with Crippen molar-refractivity contribution in [2.75, 3.05) is 13.2 Å². The predicted octanol–water partition coefficient (Wildman–Crippen LogP) is 4.90. The van der Waals surface area contributed by atoms with Gasteiger partial charge in [-0.2, -0.15) is 0 Å². The van der Waals surface area contributed by atoms with E-state index in [1.54, 1.807) is 11.3 Å². The van der Waals surface area contributed by atoms with Crippen LogP contribution in [0.1, 0.15) is 25.0 Å². The molecule has 1 aliphatic heterocycles. The average Bonchev–Trinajstić information content (AvgIpc) is 3.22. The molecule has 2 aromatic carbocycles. The van der Waals surface area contributed by atoms with Crippen LogP contribution in [-0.2, 0) is 16.1 Å². The minimum Gasteiger partial charge on any atom is -0.491 e. The Hall–Kier alpha value is -1.92. The van der Waals surface area contributed by atoms with E-state index in [1.807, 2.05) is 26.0 Å². The first-order valence-electron chi connectivity index (χ1n) is 9.12. The number of hydrogen-bond donors (Lipinski definition) is 1. The van der Waals surface area contributed by atoms with Gasteiger partial charge in [-0.15, -0.1) is 11.3 Å². The van der Waals surface area contributed by atoms with Gasteiger partial charge in [0.2, 0.25) is 0 Å². The molecule has 0 aliphatic carbocycles. The first-order valence-corrected chi connectivity index (χ1v) is 10.00. The topological polar surface area (TPSA) is 47.9 Å². The highest BCUT2D eigenvalue weighted by atomic mass is 32.1. The molecule has 0 bridgehead atoms. The maximum Gasteiger partial charge on any atom is 0.163 e. The maximum absolute atomic E-state index is 9.44. The third-order valence-corrected chi connectivity index (χ3v) is 5.78. The highest BCUT2D eigenvalue weighted by Gasteiger charge is 2.32. The zero-order valence-corrected chi connectivity index (χ0v) is 16.6. The molecule has 1 aromatic heterocycles. The van der Waals surface area contributed by atoms with Crippen LogP contribution in [0.4, 0.5) is 0 Å². The number of aliphatic hydroxyl groups excluding tert-OH is 1. The molecule has 3 aromatic rings. The van der Waals surface area contributed by atoms with E-state index in [4.69, 9.17) is 14.2 Å². The van der Waals surface area contributed by atoms with E-state index in [2.05, 4.69) is 36.6 Å². The van der Waals surface area contributed by atoms with Crippen LogP contribution >= 0.6 is 11.3 Å². The molecule has 0 spiro atoms. The van der Waals surface area contributed by atoms with Gasteiger partial charge in [-0.1, -0.05) is 12.1 Å². The number of ether oxygens (including phenoxy) is 3. The third kappa shape index (κ3) is 3.87. The zero-order chi connectivity index (χ0) is 19.0. The van der Waals surface area contributed by atoms with Crippen LogP contribution in [0.5, 0.6) is 5.75 Å². The Morgan fingerprint density at radius 2 is 2.04 bits per heavy atom. The third-order valence-electron chi connectivity index (χ3n) is 4.81. The standard InChI is InChI=1S/C22H24O4S/c1-14-8-16(24-11-17-12-25-22(2,3)26-17)5-6-18(14)20-13-27-21-7-4-15(10-23)9-19(20)21/h4-9,13,17,23H,10-12H2,1-3H3. The van der Waals surface area contributed by atoms with Crippen molar-refractivity contribution in [1.82, 2.24) is 0 Å². The molecule has 5 heteroatoms. The summed E-state index contributed by atoms with van der Waals surface area (Å²) in [6, 6.07) is 12.3. The van der Waals surface area contributed by atoms with Crippen LogP contribution < -0.4 is 4.74 Å². The first-order chi connectivity index (χ1) is 12.9. The summed E-state index contributed by atoms with van der Waals surface area (Å²) in [5.74, 6) is 0.307. The van der Waals surface area contributed by atoms with Crippen molar-refractivity contribution in [2.24, 2.45) is 0 Å². The first kappa shape index (κ1) is 18.4. The lowest BCUT2D eigenvalue weighted by Crippen LogP contribution is -2.25. The molecule has 1 fully saturated rings. The van der Waals surface area contributed by atoms with Gasteiger partial charge in [-0.3, -0.25) is 0 Å². The normalized spacial score (nSPS) is 18.9. The molecule has 27 heavy (non-hydrogen) atoms. The average molecular weight is 384 g/mol. The summed E-state index contributed by atoms with van der Waals surface area (Å²) in [5.41, 5.74) is 4.47. The van der Waals surface area contributed by atoms with Crippen molar-refractivity contribution in [1.29, 1.82) is 0 Å². The SMILES string of the molecule is Cc1cc(OCC2COC(C)(C)O2)ccc1-c1csc2ccc(CO)cc12. The fourth-order valence-electron chi connectivity index (χ4n) is 3.45. The molecule has 0 saturated carbocycles. The number of thiophene rings is 1. The fraction of sp³-hybridized carbons (Fsp3) is 0.364. The van der Waals surface area contributed by atoms with Crippen molar-refractivity contribution in [3.63, 3.8) is 0 Å². The Labute approximate surface area is 163 Å². The number of aryl methyl sites for hydroxylation is 1. The molecule has 2 heterocycles. The van der Waals surface area contributed by atoms with E-state index >= 15 is 0 Å². The van der Waals surface area contributed by atoms with Gasteiger partial charge in [0.1, 0.15) is 18.5 Å².